The fraction of sp³-hybridized carbons (Fsp3) is 0.222. The van der Waals surface area contributed by atoms with Gasteiger partial charge in [0.05, 0.1) is 0 Å². The summed E-state index contributed by atoms with van der Waals surface area (Å²) in [6.07, 6.45) is -0.670. The molecule has 0 spiro atoms. The van der Waals surface area contributed by atoms with Crippen molar-refractivity contribution in [1.29, 1.82) is 0 Å². The zero-order valence-corrected chi connectivity index (χ0v) is 15.2. The Kier molecular flexibility index (Phi) is 8.56. The Morgan fingerprint density at radius 1 is 0.767 bits per heavy atom. The Hall–Kier alpha value is -3.38. The number of rotatable bonds is 6. The van der Waals surface area contributed by atoms with Crippen LogP contribution in [0.5, 0.6) is 11.5 Å². The number of benzene rings is 2. The molecule has 12 heteroatoms. The lowest BCUT2D eigenvalue weighted by molar-refractivity contribution is -0.139. The first-order chi connectivity index (χ1) is 13.9. The number of phenolic OH excluding ortho intramolecular Hbond substituents is 2. The molecule has 0 aliphatic carbocycles. The molecular formula is C18H18F4N2O6. The molecular weight excluding hydrogens is 416 g/mol. The Morgan fingerprint density at radius 3 is 1.57 bits per heavy atom. The summed E-state index contributed by atoms with van der Waals surface area (Å²) in [7, 11) is 0. The summed E-state index contributed by atoms with van der Waals surface area (Å²) in [5.74, 6) is -11.9. The van der Waals surface area contributed by atoms with Crippen LogP contribution >= 0.6 is 0 Å². The van der Waals surface area contributed by atoms with Crippen molar-refractivity contribution in [3.05, 3.63) is 58.7 Å². The topological polar surface area (TPSA) is 167 Å². The molecule has 0 aliphatic rings. The molecule has 2 atom stereocenters. The minimum atomic E-state index is -1.99. The highest BCUT2D eigenvalue weighted by Gasteiger charge is 2.27. The zero-order chi connectivity index (χ0) is 23.2. The summed E-state index contributed by atoms with van der Waals surface area (Å²) < 4.78 is 52.0. The highest BCUT2D eigenvalue weighted by Crippen LogP contribution is 2.29. The van der Waals surface area contributed by atoms with E-state index in [1.807, 2.05) is 0 Å². The molecule has 0 amide bonds. The van der Waals surface area contributed by atoms with E-state index in [4.69, 9.17) is 31.9 Å². The van der Waals surface area contributed by atoms with Crippen LogP contribution in [0.25, 0.3) is 0 Å². The second-order valence-electron chi connectivity index (χ2n) is 6.05. The maximum atomic E-state index is 13.1. The van der Waals surface area contributed by atoms with Gasteiger partial charge in [0.25, 0.3) is 0 Å². The van der Waals surface area contributed by atoms with Crippen LogP contribution in [0.15, 0.2) is 24.3 Å². The number of carboxylic acid groups (broad SMARTS) is 2. The van der Waals surface area contributed by atoms with Crippen LogP contribution in [0, 0.1) is 23.3 Å². The zero-order valence-electron chi connectivity index (χ0n) is 15.2. The van der Waals surface area contributed by atoms with Crippen LogP contribution in [0.1, 0.15) is 11.1 Å². The second-order valence-corrected chi connectivity index (χ2v) is 6.05. The highest BCUT2D eigenvalue weighted by molar-refractivity contribution is 5.74. The van der Waals surface area contributed by atoms with Crippen LogP contribution in [-0.2, 0) is 22.4 Å². The number of aromatic hydroxyl groups is 2. The summed E-state index contributed by atoms with van der Waals surface area (Å²) in [6.45, 7) is 0. The lowest BCUT2D eigenvalue weighted by Gasteiger charge is -2.10. The van der Waals surface area contributed by atoms with Gasteiger partial charge < -0.3 is 31.9 Å². The fourth-order valence-corrected chi connectivity index (χ4v) is 2.13. The van der Waals surface area contributed by atoms with E-state index >= 15 is 0 Å². The van der Waals surface area contributed by atoms with E-state index in [0.29, 0.717) is 0 Å². The van der Waals surface area contributed by atoms with Gasteiger partial charge in [0.2, 0.25) is 11.6 Å². The monoisotopic (exact) mass is 434 g/mol. The van der Waals surface area contributed by atoms with Crippen molar-refractivity contribution >= 4 is 11.9 Å². The second kappa shape index (κ2) is 10.4. The van der Waals surface area contributed by atoms with Gasteiger partial charge in [-0.3, -0.25) is 9.59 Å². The van der Waals surface area contributed by atoms with Gasteiger partial charge in [0, 0.05) is 12.0 Å². The van der Waals surface area contributed by atoms with Gasteiger partial charge in [-0.05, 0) is 24.1 Å². The van der Waals surface area contributed by atoms with Crippen molar-refractivity contribution in [3.63, 3.8) is 0 Å². The molecule has 8 N–H and O–H groups in total. The lowest BCUT2D eigenvalue weighted by atomic mass is 10.0. The number of halogens is 4. The van der Waals surface area contributed by atoms with E-state index in [1.165, 1.54) is 12.1 Å². The normalized spacial score (nSPS) is 12.5. The third-order valence-electron chi connectivity index (χ3n) is 3.78. The van der Waals surface area contributed by atoms with Crippen LogP contribution in [0.2, 0.25) is 0 Å². The lowest BCUT2D eigenvalue weighted by Crippen LogP contribution is -2.33. The Balaban J connectivity index is 0.000000311. The maximum absolute atomic E-state index is 13.1. The Labute approximate surface area is 167 Å². The van der Waals surface area contributed by atoms with Gasteiger partial charge in [0.1, 0.15) is 17.8 Å². The molecule has 0 radical (unpaired) electrons. The van der Waals surface area contributed by atoms with Gasteiger partial charge in [-0.1, -0.05) is 12.1 Å². The van der Waals surface area contributed by atoms with Crippen LogP contribution in [0.4, 0.5) is 17.6 Å². The predicted molar refractivity (Wildman–Crippen MR) is 94.7 cm³/mol. The van der Waals surface area contributed by atoms with Crippen molar-refractivity contribution < 1.29 is 47.6 Å². The van der Waals surface area contributed by atoms with Crippen LogP contribution in [-0.4, -0.2) is 44.4 Å². The minimum Gasteiger partial charge on any atom is -0.508 e. The average molecular weight is 434 g/mol. The quantitative estimate of drug-likeness (QED) is 0.292. The molecule has 30 heavy (non-hydrogen) atoms. The molecule has 2 aromatic rings. The van der Waals surface area contributed by atoms with Gasteiger partial charge in [-0.25, -0.2) is 8.78 Å². The third-order valence-corrected chi connectivity index (χ3v) is 3.78. The van der Waals surface area contributed by atoms with Crippen molar-refractivity contribution in [2.75, 3.05) is 0 Å². The van der Waals surface area contributed by atoms with Crippen molar-refractivity contribution in [2.24, 2.45) is 11.5 Å². The van der Waals surface area contributed by atoms with Gasteiger partial charge in [-0.15, -0.1) is 0 Å². The van der Waals surface area contributed by atoms with Crippen molar-refractivity contribution in [2.45, 2.75) is 24.9 Å². The van der Waals surface area contributed by atoms with E-state index in [1.54, 1.807) is 12.1 Å². The van der Waals surface area contributed by atoms with E-state index in [0.717, 1.165) is 5.56 Å². The molecule has 2 aromatic carbocycles. The number of aliphatic carboxylic acids is 2. The van der Waals surface area contributed by atoms with E-state index in [2.05, 4.69) is 0 Å². The number of carboxylic acids is 2. The SMILES string of the molecule is NC(Cc1c(F)c(F)c(O)c(F)c1F)C(=O)O.NC(Cc1ccc(O)cc1)C(=O)O. The first-order valence-corrected chi connectivity index (χ1v) is 8.15. The smallest absolute Gasteiger partial charge is 0.320 e. The summed E-state index contributed by atoms with van der Waals surface area (Å²) in [6, 6.07) is 3.70. The van der Waals surface area contributed by atoms with Crippen molar-refractivity contribution in [1.82, 2.24) is 0 Å². The number of hydrogen-bond acceptors (Lipinski definition) is 6. The molecule has 0 aromatic heterocycles. The number of phenols is 2. The molecule has 0 aliphatic heterocycles. The average Bonchev–Trinajstić information content (AvgIpc) is 2.70. The van der Waals surface area contributed by atoms with Gasteiger partial charge >= 0.3 is 11.9 Å². The van der Waals surface area contributed by atoms with Crippen molar-refractivity contribution in [3.8, 4) is 11.5 Å². The molecule has 0 heterocycles. The standard InChI is InChI=1S/C9H7F4NO3.C9H11NO3/c10-4-2(1-3(14)9(16)17)5(11)7(13)8(15)6(4)12;10-8(9(12)13)5-6-1-3-7(11)4-2-6/h3,15H,1,14H2,(H,16,17);1-4,8,11H,5,10H2,(H,12,13). The first-order valence-electron chi connectivity index (χ1n) is 8.15. The Morgan fingerprint density at radius 2 is 1.17 bits per heavy atom. The van der Waals surface area contributed by atoms with Gasteiger partial charge in [0.15, 0.2) is 17.4 Å². The number of carbonyl (C=O) groups is 2. The van der Waals surface area contributed by atoms with Crippen LogP contribution < -0.4 is 11.5 Å². The fourth-order valence-electron chi connectivity index (χ4n) is 2.13. The van der Waals surface area contributed by atoms with Gasteiger partial charge in [-0.2, -0.15) is 8.78 Å². The molecule has 0 saturated carbocycles. The molecule has 164 valence electrons. The summed E-state index contributed by atoms with van der Waals surface area (Å²) in [4.78, 5) is 20.8. The van der Waals surface area contributed by atoms with Crippen LogP contribution in [0.3, 0.4) is 0 Å². The molecule has 2 unspecified atom stereocenters. The molecule has 0 saturated heterocycles. The molecule has 0 bridgehead atoms. The third kappa shape index (κ3) is 6.32. The first kappa shape index (κ1) is 24.7. The number of nitrogens with two attached hydrogens (primary N) is 2. The molecule has 0 fully saturated rings. The summed E-state index contributed by atoms with van der Waals surface area (Å²) >= 11 is 0. The predicted octanol–water partition coefficient (Wildman–Crippen LogP) is 1.25. The maximum Gasteiger partial charge on any atom is 0.320 e. The molecule has 2 rings (SSSR count). The minimum absolute atomic E-state index is 0.160. The largest absolute Gasteiger partial charge is 0.508 e. The van der Waals surface area contributed by atoms with E-state index in [-0.39, 0.29) is 12.2 Å². The highest BCUT2D eigenvalue weighted by atomic mass is 19.2. The summed E-state index contributed by atoms with van der Waals surface area (Å²) in [5, 5.41) is 34.5. The van der Waals surface area contributed by atoms with E-state index in [9.17, 15) is 27.2 Å². The van der Waals surface area contributed by atoms with E-state index < -0.39 is 65.0 Å². The molecule has 8 nitrogen and oxygen atoms in total. The Bertz CT molecular complexity index is 895. The number of hydrogen-bond donors (Lipinski definition) is 6. The summed E-state index contributed by atoms with van der Waals surface area (Å²) in [5.41, 5.74) is 9.95.